The molecule has 0 radical (unpaired) electrons. The van der Waals surface area contributed by atoms with E-state index in [4.69, 9.17) is 5.11 Å². The number of carboxylic acid groups (broad SMARTS) is 1. The van der Waals surface area contributed by atoms with E-state index in [0.717, 1.165) is 5.56 Å². The van der Waals surface area contributed by atoms with Gasteiger partial charge in [-0.2, -0.15) is 0 Å². The Labute approximate surface area is 232 Å². The second-order valence-corrected chi connectivity index (χ2v) is 9.43. The highest BCUT2D eigenvalue weighted by Gasteiger charge is 2.23. The number of carboxylic acids is 1. The lowest BCUT2D eigenvalue weighted by molar-refractivity contribution is 0.0696. The summed E-state index contributed by atoms with van der Waals surface area (Å²) in [5.74, 6) is -2.38. The number of hydrogen-bond acceptors (Lipinski definition) is 5. The summed E-state index contributed by atoms with van der Waals surface area (Å²) in [7, 11) is 0. The number of carbonyl (C=O) groups is 3. The van der Waals surface area contributed by atoms with Crippen LogP contribution in [0.15, 0.2) is 103 Å². The minimum absolute atomic E-state index is 0.0444. The molecule has 0 unspecified atom stereocenters. The molecule has 0 saturated heterocycles. The average molecular weight is 545 g/mol. The number of carbonyl (C=O) groups excluding carboxylic acids is 2. The number of hydrogen-bond donors (Lipinski definition) is 2. The predicted molar refractivity (Wildman–Crippen MR) is 150 cm³/mol. The monoisotopic (exact) mass is 544 g/mol. The van der Waals surface area contributed by atoms with Crippen molar-refractivity contribution in [1.29, 1.82) is 0 Å². The number of pyridine rings is 1. The number of fused-ring (bicyclic) bond motifs is 2. The van der Waals surface area contributed by atoms with Crippen molar-refractivity contribution in [2.24, 2.45) is 0 Å². The van der Waals surface area contributed by atoms with E-state index < -0.39 is 17.7 Å². The van der Waals surface area contributed by atoms with E-state index in [-0.39, 0.29) is 29.4 Å². The second-order valence-electron chi connectivity index (χ2n) is 9.43. The first-order valence-electron chi connectivity index (χ1n) is 12.7. The predicted octanol–water partition coefficient (Wildman–Crippen LogP) is 5.55. The van der Waals surface area contributed by atoms with Crippen LogP contribution in [0.1, 0.15) is 42.6 Å². The number of ketones is 1. The molecule has 0 atom stereocenters. The van der Waals surface area contributed by atoms with Gasteiger partial charge in [0.1, 0.15) is 11.5 Å². The van der Waals surface area contributed by atoms with Crippen LogP contribution in [0.4, 0.5) is 4.39 Å². The molecule has 9 heteroatoms. The summed E-state index contributed by atoms with van der Waals surface area (Å²) in [6, 6.07) is 28.3. The maximum Gasteiger partial charge on any atom is 0.335 e. The van der Waals surface area contributed by atoms with Gasteiger partial charge in [-0.15, -0.1) is 10.2 Å². The van der Waals surface area contributed by atoms with E-state index in [2.05, 4.69) is 15.5 Å². The van der Waals surface area contributed by atoms with Crippen LogP contribution in [0, 0.1) is 5.82 Å². The molecular weight excluding hydrogens is 523 g/mol. The van der Waals surface area contributed by atoms with Gasteiger partial charge in [-0.3, -0.25) is 14.0 Å². The van der Waals surface area contributed by atoms with Gasteiger partial charge >= 0.3 is 5.97 Å². The van der Waals surface area contributed by atoms with Crippen molar-refractivity contribution in [1.82, 2.24) is 19.9 Å². The number of amides is 1. The largest absolute Gasteiger partial charge is 0.478 e. The summed E-state index contributed by atoms with van der Waals surface area (Å²) >= 11 is 0. The van der Waals surface area contributed by atoms with Gasteiger partial charge in [0.2, 0.25) is 11.6 Å². The maximum atomic E-state index is 13.7. The number of nitrogens with zero attached hydrogens (tertiary/aromatic N) is 3. The molecule has 0 saturated carbocycles. The summed E-state index contributed by atoms with van der Waals surface area (Å²) < 4.78 is 15.1. The van der Waals surface area contributed by atoms with E-state index in [1.807, 2.05) is 30.3 Å². The molecule has 4 aromatic carbocycles. The number of aromatic carboxylic acids is 1. The molecule has 200 valence electrons. The van der Waals surface area contributed by atoms with Crippen LogP contribution in [0.5, 0.6) is 0 Å². The Bertz CT molecular complexity index is 1970. The standard InChI is InChI=1S/C32H21FN4O4/c33-26-13-12-22-14-24(11-10-23(22)15-26)29(38)30-36-35-28-17-25(20-4-2-1-3-5-20)16-27(37(28)30)31(39)34-18-19-6-8-21(9-7-19)32(40)41/h1-17H,18H2,(H,34,39)(H,40,41). The van der Waals surface area contributed by atoms with E-state index >= 15 is 0 Å². The maximum absolute atomic E-state index is 13.7. The summed E-state index contributed by atoms with van der Waals surface area (Å²) in [6.45, 7) is 0.127. The Morgan fingerprint density at radius 3 is 2.22 bits per heavy atom. The number of halogens is 1. The van der Waals surface area contributed by atoms with Crippen molar-refractivity contribution < 1.29 is 23.9 Å². The van der Waals surface area contributed by atoms with Crippen molar-refractivity contribution in [3.8, 4) is 11.1 Å². The average Bonchev–Trinajstić information content (AvgIpc) is 3.43. The Hall–Kier alpha value is -5.70. The minimum atomic E-state index is -1.04. The minimum Gasteiger partial charge on any atom is -0.478 e. The van der Waals surface area contributed by atoms with E-state index in [1.54, 1.807) is 48.5 Å². The van der Waals surface area contributed by atoms with Gasteiger partial charge in [0.15, 0.2) is 5.65 Å². The lowest BCUT2D eigenvalue weighted by Crippen LogP contribution is -2.26. The summed E-state index contributed by atoms with van der Waals surface area (Å²) in [5.41, 5.74) is 3.19. The Morgan fingerprint density at radius 1 is 0.756 bits per heavy atom. The molecule has 0 spiro atoms. The molecule has 2 aromatic heterocycles. The fourth-order valence-corrected chi connectivity index (χ4v) is 4.66. The van der Waals surface area contributed by atoms with Crippen molar-refractivity contribution in [3.63, 3.8) is 0 Å². The Morgan fingerprint density at radius 2 is 1.46 bits per heavy atom. The van der Waals surface area contributed by atoms with E-state index in [0.29, 0.717) is 33.1 Å². The fraction of sp³-hybridized carbons (Fsp3) is 0.0312. The lowest BCUT2D eigenvalue weighted by atomic mass is 10.0. The Kier molecular flexibility index (Phi) is 6.52. The molecule has 0 fully saturated rings. The van der Waals surface area contributed by atoms with Crippen LogP contribution >= 0.6 is 0 Å². The first kappa shape index (κ1) is 25.6. The van der Waals surface area contributed by atoms with Crippen molar-refractivity contribution in [3.05, 3.63) is 137 Å². The molecule has 2 heterocycles. The zero-order valence-corrected chi connectivity index (χ0v) is 21.4. The summed E-state index contributed by atoms with van der Waals surface area (Å²) in [5, 5.41) is 21.7. The van der Waals surface area contributed by atoms with Crippen molar-refractivity contribution >= 4 is 34.1 Å². The zero-order chi connectivity index (χ0) is 28.5. The second kappa shape index (κ2) is 10.5. The molecule has 0 aliphatic carbocycles. The van der Waals surface area contributed by atoms with Gasteiger partial charge in [0.25, 0.3) is 5.91 Å². The number of benzene rings is 4. The van der Waals surface area contributed by atoms with Gasteiger partial charge in [-0.1, -0.05) is 60.7 Å². The Balaban J connectivity index is 1.40. The third kappa shape index (κ3) is 5.04. The fourth-order valence-electron chi connectivity index (χ4n) is 4.66. The molecule has 2 N–H and O–H groups in total. The van der Waals surface area contributed by atoms with Crippen LogP contribution in [0.2, 0.25) is 0 Å². The third-order valence-corrected chi connectivity index (χ3v) is 6.77. The molecule has 0 bridgehead atoms. The summed E-state index contributed by atoms with van der Waals surface area (Å²) in [4.78, 5) is 38.4. The van der Waals surface area contributed by atoms with Crippen LogP contribution in [-0.2, 0) is 6.54 Å². The SMILES string of the molecule is O=C(O)c1ccc(CNC(=O)c2cc(-c3ccccc3)cc3nnc(C(=O)c4ccc5cc(F)ccc5c4)n23)cc1. The van der Waals surface area contributed by atoms with Crippen LogP contribution in [-0.4, -0.2) is 37.4 Å². The number of aromatic nitrogens is 3. The quantitative estimate of drug-likeness (QED) is 0.255. The lowest BCUT2D eigenvalue weighted by Gasteiger charge is -2.12. The topological polar surface area (TPSA) is 114 Å². The highest BCUT2D eigenvalue weighted by molar-refractivity contribution is 6.09. The summed E-state index contributed by atoms with van der Waals surface area (Å²) in [6.07, 6.45) is 0. The van der Waals surface area contributed by atoms with Crippen molar-refractivity contribution in [2.45, 2.75) is 6.54 Å². The molecule has 0 aliphatic rings. The normalized spacial score (nSPS) is 11.0. The molecule has 1 amide bonds. The first-order valence-corrected chi connectivity index (χ1v) is 12.7. The van der Waals surface area contributed by atoms with Gasteiger partial charge in [-0.25, -0.2) is 9.18 Å². The molecular formula is C32H21FN4O4. The zero-order valence-electron chi connectivity index (χ0n) is 21.4. The highest BCUT2D eigenvalue weighted by Crippen LogP contribution is 2.25. The molecule has 0 aliphatic heterocycles. The van der Waals surface area contributed by atoms with Crippen LogP contribution in [0.25, 0.3) is 27.5 Å². The molecule has 6 rings (SSSR count). The van der Waals surface area contributed by atoms with Gasteiger partial charge in [0, 0.05) is 12.1 Å². The highest BCUT2D eigenvalue weighted by atomic mass is 19.1. The first-order chi connectivity index (χ1) is 19.9. The van der Waals surface area contributed by atoms with E-state index in [9.17, 15) is 18.8 Å². The molecule has 6 aromatic rings. The molecule has 8 nitrogen and oxygen atoms in total. The third-order valence-electron chi connectivity index (χ3n) is 6.77. The van der Waals surface area contributed by atoms with Crippen molar-refractivity contribution in [2.75, 3.05) is 0 Å². The van der Waals surface area contributed by atoms with Gasteiger partial charge in [0.05, 0.1) is 5.56 Å². The van der Waals surface area contributed by atoms with Crippen LogP contribution < -0.4 is 5.32 Å². The number of nitrogens with one attached hydrogen (secondary N) is 1. The van der Waals surface area contributed by atoms with Gasteiger partial charge < -0.3 is 10.4 Å². The van der Waals surface area contributed by atoms with Gasteiger partial charge in [-0.05, 0) is 69.9 Å². The smallest absolute Gasteiger partial charge is 0.335 e. The number of rotatable bonds is 7. The van der Waals surface area contributed by atoms with Crippen LogP contribution in [0.3, 0.4) is 0 Å². The van der Waals surface area contributed by atoms with E-state index in [1.165, 1.54) is 28.7 Å². The molecule has 41 heavy (non-hydrogen) atoms.